The summed E-state index contributed by atoms with van der Waals surface area (Å²) in [5, 5.41) is 12.8. The first-order valence-electron chi connectivity index (χ1n) is 13.2. The van der Waals surface area contributed by atoms with Crippen LogP contribution in [0.2, 0.25) is 0 Å². The number of carbonyl (C=O) groups excluding carboxylic acids is 3. The number of hydrogen-bond donors (Lipinski definition) is 2. The number of fused-ring (bicyclic) bond motifs is 1. The number of benzene rings is 2. The first kappa shape index (κ1) is 28.1. The van der Waals surface area contributed by atoms with E-state index in [0.29, 0.717) is 44.5 Å². The zero-order chi connectivity index (χ0) is 28.0. The van der Waals surface area contributed by atoms with Gasteiger partial charge in [-0.2, -0.15) is 0 Å². The lowest BCUT2D eigenvalue weighted by Gasteiger charge is -2.59. The van der Waals surface area contributed by atoms with Crippen molar-refractivity contribution >= 4 is 23.9 Å². The second kappa shape index (κ2) is 11.9. The number of piperidine rings is 1. The number of likely N-dealkylation sites (tertiary alicyclic amines) is 1. The minimum atomic E-state index is -0.826. The zero-order valence-corrected chi connectivity index (χ0v) is 22.5. The van der Waals surface area contributed by atoms with Crippen molar-refractivity contribution in [2.45, 2.75) is 56.6 Å². The molecule has 8 heteroatoms. The van der Waals surface area contributed by atoms with Crippen molar-refractivity contribution in [3.05, 3.63) is 78.4 Å². The number of hydrogen-bond acceptors (Lipinski definition) is 7. The van der Waals surface area contributed by atoms with Crippen LogP contribution in [0, 0.1) is 0 Å². The van der Waals surface area contributed by atoms with Gasteiger partial charge in [0.15, 0.2) is 0 Å². The number of phenolic OH excluding ortho intramolecular Hbond substituents is 1. The van der Waals surface area contributed by atoms with E-state index in [-0.39, 0.29) is 23.7 Å². The lowest BCUT2D eigenvalue weighted by molar-refractivity contribution is -0.186. The summed E-state index contributed by atoms with van der Waals surface area (Å²) in [6, 6.07) is 13.9. The molecule has 2 aromatic carbocycles. The molecule has 1 aliphatic heterocycles. The molecule has 4 rings (SSSR count). The molecule has 1 saturated heterocycles. The quantitative estimate of drug-likeness (QED) is 0.228. The Morgan fingerprint density at radius 2 is 1.92 bits per heavy atom. The normalized spacial score (nSPS) is 24.9. The molecule has 0 radical (unpaired) electrons. The number of phenols is 1. The molecule has 0 spiro atoms. The fourth-order valence-corrected chi connectivity index (χ4v) is 6.22. The van der Waals surface area contributed by atoms with Gasteiger partial charge >= 0.3 is 11.9 Å². The standard InChI is InChI=1S/C31H36N2O6/c1-4-16-33-17-15-30(25-8-6-10-28(19-25)38-22(2)34)20-26(13-14-31(30,21-33)39-23(3)35)32-29(37)12-11-24-7-5-9-27(36)18-24/h4-12,18-19,26,36H,1,13-17,20-21H2,2-3H3,(H,32,37)/b12-11+. The van der Waals surface area contributed by atoms with E-state index in [4.69, 9.17) is 9.47 Å². The van der Waals surface area contributed by atoms with Crippen LogP contribution in [-0.2, 0) is 24.5 Å². The maximum absolute atomic E-state index is 12.9. The van der Waals surface area contributed by atoms with Crippen molar-refractivity contribution in [1.82, 2.24) is 10.2 Å². The van der Waals surface area contributed by atoms with Crippen LogP contribution in [0.25, 0.3) is 6.08 Å². The summed E-state index contributed by atoms with van der Waals surface area (Å²) in [5.74, 6) is -0.444. The predicted octanol–water partition coefficient (Wildman–Crippen LogP) is 4.13. The summed E-state index contributed by atoms with van der Waals surface area (Å²) in [6.45, 7) is 8.64. The molecule has 2 aromatic rings. The number of esters is 2. The molecule has 39 heavy (non-hydrogen) atoms. The summed E-state index contributed by atoms with van der Waals surface area (Å²) in [5.41, 5.74) is 0.191. The molecule has 3 unspecified atom stereocenters. The number of nitrogens with one attached hydrogen (secondary N) is 1. The second-order valence-corrected chi connectivity index (χ2v) is 10.4. The zero-order valence-electron chi connectivity index (χ0n) is 22.5. The van der Waals surface area contributed by atoms with Gasteiger partial charge in [0.05, 0.1) is 0 Å². The second-order valence-electron chi connectivity index (χ2n) is 10.4. The van der Waals surface area contributed by atoms with E-state index in [1.165, 1.54) is 19.9 Å². The predicted molar refractivity (Wildman–Crippen MR) is 148 cm³/mol. The molecule has 2 N–H and O–H groups in total. The Bertz CT molecular complexity index is 1270. The molecule has 206 valence electrons. The monoisotopic (exact) mass is 532 g/mol. The van der Waals surface area contributed by atoms with Crippen LogP contribution in [-0.4, -0.2) is 59.1 Å². The summed E-state index contributed by atoms with van der Waals surface area (Å²) in [7, 11) is 0. The van der Waals surface area contributed by atoms with Crippen LogP contribution >= 0.6 is 0 Å². The van der Waals surface area contributed by atoms with E-state index in [1.807, 2.05) is 24.3 Å². The number of carbonyl (C=O) groups is 3. The van der Waals surface area contributed by atoms with Crippen LogP contribution in [0.1, 0.15) is 50.7 Å². The molecule has 0 bridgehead atoms. The van der Waals surface area contributed by atoms with Crippen molar-refractivity contribution < 1.29 is 29.0 Å². The molecule has 2 fully saturated rings. The minimum absolute atomic E-state index is 0.132. The van der Waals surface area contributed by atoms with Gasteiger partial charge < -0.3 is 19.9 Å². The largest absolute Gasteiger partial charge is 0.508 e. The molecule has 1 aliphatic carbocycles. The Labute approximate surface area is 229 Å². The Kier molecular flexibility index (Phi) is 8.55. The van der Waals surface area contributed by atoms with E-state index in [0.717, 1.165) is 17.7 Å². The lowest BCUT2D eigenvalue weighted by atomic mass is 9.55. The van der Waals surface area contributed by atoms with Gasteiger partial charge in [-0.15, -0.1) is 6.58 Å². The van der Waals surface area contributed by atoms with Crippen LogP contribution in [0.15, 0.2) is 67.3 Å². The summed E-state index contributed by atoms with van der Waals surface area (Å²) in [4.78, 5) is 39.3. The average Bonchev–Trinajstić information content (AvgIpc) is 2.87. The average molecular weight is 533 g/mol. The van der Waals surface area contributed by atoms with E-state index < -0.39 is 17.0 Å². The van der Waals surface area contributed by atoms with Crippen LogP contribution in [0.4, 0.5) is 0 Å². The molecule has 1 saturated carbocycles. The maximum atomic E-state index is 12.9. The summed E-state index contributed by atoms with van der Waals surface area (Å²) < 4.78 is 11.6. The van der Waals surface area contributed by atoms with Crippen molar-refractivity contribution in [1.29, 1.82) is 0 Å². The van der Waals surface area contributed by atoms with E-state index in [9.17, 15) is 19.5 Å². The smallest absolute Gasteiger partial charge is 0.308 e. The Morgan fingerprint density at radius 3 is 2.64 bits per heavy atom. The molecular formula is C31H36N2O6. The van der Waals surface area contributed by atoms with Gasteiger partial charge in [-0.1, -0.05) is 30.3 Å². The first-order chi connectivity index (χ1) is 18.6. The third-order valence-electron chi connectivity index (χ3n) is 7.72. The summed E-state index contributed by atoms with van der Waals surface area (Å²) in [6.07, 6.45) is 7.39. The number of nitrogens with zero attached hydrogens (tertiary/aromatic N) is 1. The van der Waals surface area contributed by atoms with E-state index >= 15 is 0 Å². The van der Waals surface area contributed by atoms with Crippen LogP contribution in [0.5, 0.6) is 11.5 Å². The van der Waals surface area contributed by atoms with Crippen LogP contribution in [0.3, 0.4) is 0 Å². The number of ether oxygens (including phenoxy) is 2. The number of amides is 1. The van der Waals surface area contributed by atoms with Gasteiger partial charge in [0, 0.05) is 44.5 Å². The highest BCUT2D eigenvalue weighted by atomic mass is 16.6. The molecule has 8 nitrogen and oxygen atoms in total. The van der Waals surface area contributed by atoms with Crippen molar-refractivity contribution in [3.63, 3.8) is 0 Å². The summed E-state index contributed by atoms with van der Waals surface area (Å²) >= 11 is 0. The molecule has 2 aliphatic rings. The van der Waals surface area contributed by atoms with Crippen molar-refractivity contribution in [2.24, 2.45) is 0 Å². The first-order valence-corrected chi connectivity index (χ1v) is 13.2. The fraction of sp³-hybridized carbons (Fsp3) is 0.387. The van der Waals surface area contributed by atoms with Gasteiger partial charge in [-0.05, 0) is 73.7 Å². The molecule has 0 aromatic heterocycles. The Hall–Kier alpha value is -3.91. The van der Waals surface area contributed by atoms with Gasteiger partial charge in [0.25, 0.3) is 0 Å². The fourth-order valence-electron chi connectivity index (χ4n) is 6.22. The third kappa shape index (κ3) is 6.40. The Balaban J connectivity index is 1.67. The third-order valence-corrected chi connectivity index (χ3v) is 7.72. The highest BCUT2D eigenvalue weighted by Gasteiger charge is 2.60. The Morgan fingerprint density at radius 1 is 1.13 bits per heavy atom. The number of aromatic hydroxyl groups is 1. The SMILES string of the molecule is C=CCN1CCC2(c3cccc(OC(C)=O)c3)CC(NC(=O)/C=C/c3cccc(O)c3)CCC2(OC(C)=O)C1. The topological polar surface area (TPSA) is 105 Å². The van der Waals surface area contributed by atoms with Crippen molar-refractivity contribution in [2.75, 3.05) is 19.6 Å². The highest BCUT2D eigenvalue weighted by molar-refractivity contribution is 5.92. The van der Waals surface area contributed by atoms with E-state index in [1.54, 1.807) is 36.4 Å². The van der Waals surface area contributed by atoms with Gasteiger partial charge in [-0.3, -0.25) is 19.3 Å². The molecular weight excluding hydrogens is 496 g/mol. The lowest BCUT2D eigenvalue weighted by Crippen LogP contribution is -2.68. The maximum Gasteiger partial charge on any atom is 0.308 e. The van der Waals surface area contributed by atoms with Crippen LogP contribution < -0.4 is 10.1 Å². The van der Waals surface area contributed by atoms with Crippen molar-refractivity contribution in [3.8, 4) is 11.5 Å². The minimum Gasteiger partial charge on any atom is -0.508 e. The van der Waals surface area contributed by atoms with Gasteiger partial charge in [0.2, 0.25) is 5.91 Å². The van der Waals surface area contributed by atoms with E-state index in [2.05, 4.69) is 16.8 Å². The van der Waals surface area contributed by atoms with Gasteiger partial charge in [-0.25, -0.2) is 0 Å². The molecule has 1 amide bonds. The molecule has 3 atom stereocenters. The van der Waals surface area contributed by atoms with Gasteiger partial charge in [0.1, 0.15) is 17.1 Å². The number of rotatable bonds is 8. The highest BCUT2D eigenvalue weighted by Crippen LogP contribution is 2.54. The molecule has 1 heterocycles.